The van der Waals surface area contributed by atoms with Crippen molar-refractivity contribution < 1.29 is 13.6 Å². The van der Waals surface area contributed by atoms with Crippen LogP contribution in [0.3, 0.4) is 0 Å². The summed E-state index contributed by atoms with van der Waals surface area (Å²) in [7, 11) is -0.681. The van der Waals surface area contributed by atoms with Crippen LogP contribution in [0.1, 0.15) is 25.3 Å². The van der Waals surface area contributed by atoms with Gasteiger partial charge in [-0.3, -0.25) is 0 Å². The van der Waals surface area contributed by atoms with Crippen molar-refractivity contribution in [2.75, 3.05) is 7.11 Å². The van der Waals surface area contributed by atoms with Gasteiger partial charge in [0.05, 0.1) is 7.11 Å². The molecule has 0 heterocycles. The zero-order valence-corrected chi connectivity index (χ0v) is 9.45. The first-order chi connectivity index (χ1) is 6.63. The summed E-state index contributed by atoms with van der Waals surface area (Å²) < 4.78 is 20.4. The monoisotopic (exact) mass is 213 g/mol. The summed E-state index contributed by atoms with van der Waals surface area (Å²) in [6.45, 7) is 4.23. The lowest BCUT2D eigenvalue weighted by atomic mass is 10.0. The smallest absolute Gasteiger partial charge is 0.229 e. The molecular formula is C10H14O3P+. The van der Waals surface area contributed by atoms with E-state index < -0.39 is 8.25 Å². The standard InChI is InChI=1S/C10H14O3P/c1-8(2)9-4-6-10(7-5-9)13-14(11)12-3/h4-8H,1-3H3/q+1. The molecule has 0 saturated carbocycles. The predicted octanol–water partition coefficient (Wildman–Crippen LogP) is 3.49. The van der Waals surface area contributed by atoms with Gasteiger partial charge in [0.15, 0.2) is 5.75 Å². The number of benzene rings is 1. The van der Waals surface area contributed by atoms with E-state index in [9.17, 15) is 4.57 Å². The lowest BCUT2D eigenvalue weighted by molar-refractivity contribution is 0.349. The van der Waals surface area contributed by atoms with Gasteiger partial charge in [-0.15, -0.1) is 4.52 Å². The highest BCUT2D eigenvalue weighted by Gasteiger charge is 2.18. The third-order valence-electron chi connectivity index (χ3n) is 1.88. The van der Waals surface area contributed by atoms with Gasteiger partial charge in [0.2, 0.25) is 0 Å². The molecule has 1 rings (SSSR count). The first kappa shape index (κ1) is 11.2. The quantitative estimate of drug-likeness (QED) is 0.718. The van der Waals surface area contributed by atoms with E-state index in [4.69, 9.17) is 4.52 Å². The predicted molar refractivity (Wildman–Crippen MR) is 55.8 cm³/mol. The van der Waals surface area contributed by atoms with Crippen LogP contribution in [-0.4, -0.2) is 7.11 Å². The Labute approximate surface area is 85.0 Å². The van der Waals surface area contributed by atoms with Gasteiger partial charge in [0.25, 0.3) is 0 Å². The van der Waals surface area contributed by atoms with Crippen molar-refractivity contribution in [1.29, 1.82) is 0 Å². The molecule has 76 valence electrons. The summed E-state index contributed by atoms with van der Waals surface area (Å²) in [5.74, 6) is 1.05. The van der Waals surface area contributed by atoms with Crippen molar-refractivity contribution in [3.63, 3.8) is 0 Å². The maximum absolute atomic E-state index is 10.9. The summed E-state index contributed by atoms with van der Waals surface area (Å²) in [5.41, 5.74) is 1.23. The zero-order chi connectivity index (χ0) is 10.6. The van der Waals surface area contributed by atoms with Crippen LogP contribution in [0.2, 0.25) is 0 Å². The second-order valence-corrected chi connectivity index (χ2v) is 4.22. The largest absolute Gasteiger partial charge is 0.749 e. The van der Waals surface area contributed by atoms with Gasteiger partial charge in [0, 0.05) is 4.57 Å². The molecular weight excluding hydrogens is 199 g/mol. The Bertz CT molecular complexity index is 306. The molecule has 0 saturated heterocycles. The average molecular weight is 213 g/mol. The summed E-state index contributed by atoms with van der Waals surface area (Å²) in [6, 6.07) is 7.50. The van der Waals surface area contributed by atoms with Crippen LogP contribution in [0, 0.1) is 0 Å². The Morgan fingerprint density at radius 3 is 2.21 bits per heavy atom. The van der Waals surface area contributed by atoms with Gasteiger partial charge in [-0.2, -0.15) is 0 Å². The topological polar surface area (TPSA) is 35.5 Å². The van der Waals surface area contributed by atoms with Crippen molar-refractivity contribution >= 4 is 8.25 Å². The average Bonchev–Trinajstić information content (AvgIpc) is 2.18. The third-order valence-corrected chi connectivity index (χ3v) is 2.53. The fourth-order valence-corrected chi connectivity index (χ4v) is 1.41. The fourth-order valence-electron chi connectivity index (χ4n) is 1.04. The molecule has 4 heteroatoms. The molecule has 0 N–H and O–H groups in total. The fraction of sp³-hybridized carbons (Fsp3) is 0.400. The molecule has 0 spiro atoms. The summed E-state index contributed by atoms with van der Waals surface area (Å²) in [5, 5.41) is 0. The van der Waals surface area contributed by atoms with E-state index in [1.54, 1.807) is 12.1 Å². The second-order valence-electron chi connectivity index (χ2n) is 3.22. The van der Waals surface area contributed by atoms with E-state index in [1.807, 2.05) is 12.1 Å². The highest BCUT2D eigenvalue weighted by Crippen LogP contribution is 2.27. The van der Waals surface area contributed by atoms with Crippen LogP contribution in [0.25, 0.3) is 0 Å². The Morgan fingerprint density at radius 2 is 1.79 bits per heavy atom. The van der Waals surface area contributed by atoms with Crippen LogP contribution >= 0.6 is 8.25 Å². The molecule has 1 aromatic carbocycles. The molecule has 0 radical (unpaired) electrons. The van der Waals surface area contributed by atoms with Crippen LogP contribution in [0.4, 0.5) is 0 Å². The van der Waals surface area contributed by atoms with Gasteiger partial charge in [-0.25, -0.2) is 4.52 Å². The van der Waals surface area contributed by atoms with Gasteiger partial charge in [-0.1, -0.05) is 26.0 Å². The molecule has 0 aliphatic carbocycles. The molecule has 3 nitrogen and oxygen atoms in total. The first-order valence-electron chi connectivity index (χ1n) is 4.42. The first-order valence-corrected chi connectivity index (χ1v) is 5.52. The van der Waals surface area contributed by atoms with Crippen molar-refractivity contribution in [2.45, 2.75) is 19.8 Å². The Hall–Kier alpha value is -0.920. The molecule has 0 aromatic heterocycles. The molecule has 0 aliphatic heterocycles. The molecule has 1 aromatic rings. The molecule has 14 heavy (non-hydrogen) atoms. The molecule has 0 aliphatic rings. The molecule has 1 unspecified atom stereocenters. The van der Waals surface area contributed by atoms with Gasteiger partial charge < -0.3 is 0 Å². The van der Waals surface area contributed by atoms with Crippen molar-refractivity contribution in [2.24, 2.45) is 0 Å². The van der Waals surface area contributed by atoms with E-state index >= 15 is 0 Å². The lowest BCUT2D eigenvalue weighted by Crippen LogP contribution is -1.87. The zero-order valence-electron chi connectivity index (χ0n) is 8.56. The maximum Gasteiger partial charge on any atom is 0.749 e. The van der Waals surface area contributed by atoms with Crippen LogP contribution in [0.15, 0.2) is 24.3 Å². The highest BCUT2D eigenvalue weighted by molar-refractivity contribution is 7.33. The molecule has 1 atom stereocenters. The van der Waals surface area contributed by atoms with Crippen molar-refractivity contribution in [1.82, 2.24) is 0 Å². The molecule has 0 fully saturated rings. The summed E-state index contributed by atoms with van der Waals surface area (Å²) in [6.07, 6.45) is 0. The summed E-state index contributed by atoms with van der Waals surface area (Å²) in [4.78, 5) is 0. The van der Waals surface area contributed by atoms with Crippen LogP contribution in [-0.2, 0) is 9.09 Å². The van der Waals surface area contributed by atoms with Gasteiger partial charge >= 0.3 is 8.25 Å². The Kier molecular flexibility index (Phi) is 4.05. The summed E-state index contributed by atoms with van der Waals surface area (Å²) >= 11 is 0. The van der Waals surface area contributed by atoms with Crippen molar-refractivity contribution in [3.05, 3.63) is 29.8 Å². The highest BCUT2D eigenvalue weighted by atomic mass is 31.1. The Morgan fingerprint density at radius 1 is 1.21 bits per heavy atom. The van der Waals surface area contributed by atoms with E-state index in [0.29, 0.717) is 11.7 Å². The molecule has 0 bridgehead atoms. The van der Waals surface area contributed by atoms with E-state index in [2.05, 4.69) is 18.4 Å². The van der Waals surface area contributed by atoms with Crippen LogP contribution < -0.4 is 4.52 Å². The number of rotatable bonds is 4. The lowest BCUT2D eigenvalue weighted by Gasteiger charge is -2.03. The van der Waals surface area contributed by atoms with E-state index in [-0.39, 0.29) is 0 Å². The van der Waals surface area contributed by atoms with E-state index in [0.717, 1.165) is 0 Å². The molecule has 0 amide bonds. The van der Waals surface area contributed by atoms with Gasteiger partial charge in [-0.05, 0) is 23.6 Å². The number of hydrogen-bond donors (Lipinski definition) is 0. The van der Waals surface area contributed by atoms with Gasteiger partial charge in [0.1, 0.15) is 0 Å². The SMILES string of the molecule is CO[P+](=O)Oc1ccc(C(C)C)cc1. The van der Waals surface area contributed by atoms with E-state index in [1.165, 1.54) is 12.7 Å². The third kappa shape index (κ3) is 3.09. The van der Waals surface area contributed by atoms with Crippen molar-refractivity contribution in [3.8, 4) is 5.75 Å². The minimum atomic E-state index is -2.03. The maximum atomic E-state index is 10.9. The second kappa shape index (κ2) is 5.08. The number of hydrogen-bond acceptors (Lipinski definition) is 3. The normalized spacial score (nSPS) is 11.6. The van der Waals surface area contributed by atoms with Crippen LogP contribution in [0.5, 0.6) is 5.75 Å². The minimum Gasteiger partial charge on any atom is -0.229 e. The Balaban J connectivity index is 2.69. The minimum absolute atomic E-state index is 0.486.